The van der Waals surface area contributed by atoms with Gasteiger partial charge in [0.05, 0.1) is 5.39 Å². The Balaban J connectivity index is 1.29. The Morgan fingerprint density at radius 3 is 2.00 bits per heavy atom. The van der Waals surface area contributed by atoms with E-state index in [1.54, 1.807) is 0 Å². The summed E-state index contributed by atoms with van der Waals surface area (Å²) >= 11 is 0. The third-order valence-electron chi connectivity index (χ3n) is 8.35. The van der Waals surface area contributed by atoms with Crippen molar-refractivity contribution in [1.29, 1.82) is 0 Å². The molecule has 0 N–H and O–H groups in total. The zero-order valence-electron chi connectivity index (χ0n) is 22.8. The van der Waals surface area contributed by atoms with E-state index in [0.717, 1.165) is 50.3 Å². The largest absolute Gasteiger partial charge is 0.456 e. The van der Waals surface area contributed by atoms with Crippen molar-refractivity contribution < 1.29 is 8.83 Å². The number of benzene rings is 6. The minimum Gasteiger partial charge on any atom is -0.456 e. The summed E-state index contributed by atoms with van der Waals surface area (Å²) in [5.74, 6) is 0.0403. The molecule has 0 radical (unpaired) electrons. The van der Waals surface area contributed by atoms with Gasteiger partial charge >= 0.3 is 5.63 Å². The van der Waals surface area contributed by atoms with Crippen LogP contribution in [0, 0.1) is 0 Å². The third-order valence-corrected chi connectivity index (χ3v) is 8.35. The highest BCUT2D eigenvalue weighted by Crippen LogP contribution is 2.39. The van der Waals surface area contributed by atoms with Gasteiger partial charge in [0, 0.05) is 27.6 Å². The van der Waals surface area contributed by atoms with Crippen molar-refractivity contribution in [2.75, 3.05) is 0 Å². The fraction of sp³-hybridized carbons (Fsp3) is 0.0513. The van der Waals surface area contributed by atoms with E-state index in [4.69, 9.17) is 8.83 Å². The molecule has 3 nitrogen and oxygen atoms in total. The molecule has 0 aliphatic rings. The number of fused-ring (bicyclic) bond motifs is 6. The number of hydrogen-bond acceptors (Lipinski definition) is 3. The van der Waals surface area contributed by atoms with Crippen molar-refractivity contribution in [3.05, 3.63) is 167 Å². The number of hydrogen-bond donors (Lipinski definition) is 0. The van der Waals surface area contributed by atoms with Gasteiger partial charge in [-0.2, -0.15) is 0 Å². The quantitative estimate of drug-likeness (QED) is 0.161. The van der Waals surface area contributed by atoms with E-state index in [9.17, 15) is 4.79 Å². The van der Waals surface area contributed by atoms with E-state index >= 15 is 0 Å². The zero-order chi connectivity index (χ0) is 28.0. The second kappa shape index (κ2) is 9.90. The molecule has 8 rings (SSSR count). The maximum Gasteiger partial charge on any atom is 0.344 e. The molecule has 200 valence electrons. The predicted molar refractivity (Wildman–Crippen MR) is 171 cm³/mol. The molecule has 2 aromatic heterocycles. The minimum absolute atomic E-state index is 0.0403. The van der Waals surface area contributed by atoms with Gasteiger partial charge in [0.25, 0.3) is 0 Å². The lowest BCUT2D eigenvalue weighted by Gasteiger charge is -2.20. The van der Waals surface area contributed by atoms with Gasteiger partial charge in [0.1, 0.15) is 16.7 Å². The molecule has 6 aromatic carbocycles. The molecule has 1 atom stereocenters. The zero-order valence-corrected chi connectivity index (χ0v) is 22.8. The van der Waals surface area contributed by atoms with Gasteiger partial charge in [-0.1, -0.05) is 115 Å². The van der Waals surface area contributed by atoms with E-state index in [-0.39, 0.29) is 11.5 Å². The molecule has 2 heterocycles. The smallest absolute Gasteiger partial charge is 0.344 e. The average molecular weight is 543 g/mol. The Labute approximate surface area is 242 Å². The number of furan rings is 1. The highest BCUT2D eigenvalue weighted by Gasteiger charge is 2.22. The van der Waals surface area contributed by atoms with Crippen LogP contribution in [0.4, 0.5) is 0 Å². The summed E-state index contributed by atoms with van der Waals surface area (Å²) in [7, 11) is 0. The first-order chi connectivity index (χ1) is 20.7. The van der Waals surface area contributed by atoms with E-state index in [1.165, 1.54) is 16.7 Å². The van der Waals surface area contributed by atoms with Crippen LogP contribution in [-0.2, 0) is 6.42 Å². The van der Waals surface area contributed by atoms with Gasteiger partial charge in [-0.15, -0.1) is 0 Å². The topological polar surface area (TPSA) is 43.4 Å². The summed E-state index contributed by atoms with van der Waals surface area (Å²) in [6.07, 6.45) is 0.754. The van der Waals surface area contributed by atoms with E-state index in [2.05, 4.69) is 91.0 Å². The molecule has 8 aromatic rings. The van der Waals surface area contributed by atoms with Gasteiger partial charge in [0.2, 0.25) is 0 Å². The van der Waals surface area contributed by atoms with Crippen LogP contribution in [0.5, 0.6) is 0 Å². The van der Waals surface area contributed by atoms with Crippen molar-refractivity contribution in [1.82, 2.24) is 0 Å². The Bertz CT molecular complexity index is 2290. The molecule has 0 saturated carbocycles. The van der Waals surface area contributed by atoms with Gasteiger partial charge in [-0.25, -0.2) is 4.79 Å². The Morgan fingerprint density at radius 1 is 0.500 bits per heavy atom. The fourth-order valence-corrected chi connectivity index (χ4v) is 6.28. The second-order valence-corrected chi connectivity index (χ2v) is 10.8. The summed E-state index contributed by atoms with van der Waals surface area (Å²) in [4.78, 5) is 12.6. The molecule has 42 heavy (non-hydrogen) atoms. The van der Waals surface area contributed by atoms with E-state index in [0.29, 0.717) is 11.0 Å². The minimum atomic E-state index is -0.307. The van der Waals surface area contributed by atoms with Gasteiger partial charge in [-0.05, 0) is 58.3 Å². The van der Waals surface area contributed by atoms with Crippen molar-refractivity contribution in [3.8, 4) is 11.1 Å². The Kier molecular flexibility index (Phi) is 5.75. The van der Waals surface area contributed by atoms with Crippen LogP contribution in [0.15, 0.2) is 153 Å². The Hall–Kier alpha value is -5.41. The Morgan fingerprint density at radius 2 is 1.17 bits per heavy atom. The first-order valence-electron chi connectivity index (χ1n) is 14.2. The standard InChI is InChI=1S/C39H26O3/c40-39-33-13-5-4-11-29(33)35-24-25(17-22-37(35)42-39)23-34(28-20-18-27(19-21-28)26-9-2-1-3-10-26)32-15-8-14-31-30-12-6-7-16-36(30)41-38(31)32/h1-22,24,34H,23H2. The monoisotopic (exact) mass is 542 g/mol. The molecule has 0 saturated heterocycles. The number of para-hydroxylation sites is 2. The normalized spacial score (nSPS) is 12.4. The molecule has 0 spiro atoms. The molecule has 1 unspecified atom stereocenters. The second-order valence-electron chi connectivity index (χ2n) is 10.8. The molecule has 0 fully saturated rings. The lowest BCUT2D eigenvalue weighted by molar-refractivity contribution is 0.569. The summed E-state index contributed by atoms with van der Waals surface area (Å²) in [6, 6.07) is 47.9. The van der Waals surface area contributed by atoms with Crippen molar-refractivity contribution in [2.45, 2.75) is 12.3 Å². The SMILES string of the molecule is O=c1oc2ccc(CC(c3ccc(-c4ccccc4)cc3)c3cccc4c3oc3ccccc34)cc2c2ccccc12. The fourth-order valence-electron chi connectivity index (χ4n) is 6.28. The summed E-state index contributed by atoms with van der Waals surface area (Å²) in [5.41, 5.74) is 8.03. The molecule has 0 aliphatic carbocycles. The first-order valence-corrected chi connectivity index (χ1v) is 14.2. The summed E-state index contributed by atoms with van der Waals surface area (Å²) in [5, 5.41) is 4.71. The predicted octanol–water partition coefficient (Wildman–Crippen LogP) is 9.89. The van der Waals surface area contributed by atoms with Crippen molar-refractivity contribution in [3.63, 3.8) is 0 Å². The number of rotatable bonds is 5. The molecule has 0 bridgehead atoms. The molecular weight excluding hydrogens is 516 g/mol. The highest BCUT2D eigenvalue weighted by molar-refractivity contribution is 6.06. The maximum atomic E-state index is 12.6. The molecule has 0 aliphatic heterocycles. The lowest BCUT2D eigenvalue weighted by atomic mass is 9.84. The van der Waals surface area contributed by atoms with Crippen LogP contribution in [0.2, 0.25) is 0 Å². The molecule has 3 heteroatoms. The van der Waals surface area contributed by atoms with Crippen molar-refractivity contribution in [2.24, 2.45) is 0 Å². The summed E-state index contributed by atoms with van der Waals surface area (Å²) < 4.78 is 12.2. The highest BCUT2D eigenvalue weighted by atomic mass is 16.4. The van der Waals surface area contributed by atoms with Crippen LogP contribution < -0.4 is 5.63 Å². The van der Waals surface area contributed by atoms with E-state index in [1.807, 2.05) is 48.5 Å². The average Bonchev–Trinajstić information content (AvgIpc) is 3.44. The van der Waals surface area contributed by atoms with Crippen LogP contribution >= 0.6 is 0 Å². The van der Waals surface area contributed by atoms with Crippen LogP contribution in [0.25, 0.3) is 54.8 Å². The third kappa shape index (κ3) is 4.10. The van der Waals surface area contributed by atoms with Gasteiger partial charge in [0.15, 0.2) is 0 Å². The van der Waals surface area contributed by atoms with Gasteiger partial charge < -0.3 is 8.83 Å². The maximum absolute atomic E-state index is 12.6. The first kappa shape index (κ1) is 24.4. The van der Waals surface area contributed by atoms with Crippen LogP contribution in [-0.4, -0.2) is 0 Å². The molecule has 0 amide bonds. The van der Waals surface area contributed by atoms with E-state index < -0.39 is 0 Å². The molecular formula is C39H26O3. The lowest BCUT2D eigenvalue weighted by Crippen LogP contribution is -2.06. The van der Waals surface area contributed by atoms with Crippen LogP contribution in [0.3, 0.4) is 0 Å². The van der Waals surface area contributed by atoms with Crippen LogP contribution in [0.1, 0.15) is 22.6 Å². The summed E-state index contributed by atoms with van der Waals surface area (Å²) in [6.45, 7) is 0. The van der Waals surface area contributed by atoms with Gasteiger partial charge in [-0.3, -0.25) is 0 Å². The van der Waals surface area contributed by atoms with Crippen molar-refractivity contribution >= 4 is 43.7 Å².